The highest BCUT2D eigenvalue weighted by atomic mass is 79.9. The fraction of sp³-hybridized carbons (Fsp3) is 0.318. The van der Waals surface area contributed by atoms with Gasteiger partial charge in [0.1, 0.15) is 6.07 Å². The van der Waals surface area contributed by atoms with Gasteiger partial charge in [0, 0.05) is 53.6 Å². The molecule has 1 N–H and O–H groups in total. The number of rotatable bonds is 4. The lowest BCUT2D eigenvalue weighted by atomic mass is 9.94. The summed E-state index contributed by atoms with van der Waals surface area (Å²) in [6, 6.07) is 14.7. The number of fused-ring (bicyclic) bond motifs is 1. The van der Waals surface area contributed by atoms with Crippen LogP contribution in [-0.2, 0) is 6.54 Å². The number of hydrogen-bond acceptors (Lipinski definition) is 5. The third-order valence-corrected chi connectivity index (χ3v) is 5.70. The SMILES string of the molecule is C[C@H]1C[C@@H](NCc2ccc(Br)cn2)CN(c2ccc(C#N)c3ncccc23)C1. The Balaban J connectivity index is 1.54. The second-order valence-electron chi connectivity index (χ2n) is 7.44. The molecule has 3 heterocycles. The van der Waals surface area contributed by atoms with Crippen molar-refractivity contribution < 1.29 is 0 Å². The summed E-state index contributed by atoms with van der Waals surface area (Å²) in [5.74, 6) is 0.575. The first-order valence-corrected chi connectivity index (χ1v) is 10.3. The lowest BCUT2D eigenvalue weighted by Gasteiger charge is -2.39. The molecule has 0 bridgehead atoms. The van der Waals surface area contributed by atoms with Crippen molar-refractivity contribution in [2.45, 2.75) is 25.9 Å². The van der Waals surface area contributed by atoms with E-state index in [-0.39, 0.29) is 0 Å². The van der Waals surface area contributed by atoms with E-state index in [0.29, 0.717) is 17.5 Å². The maximum atomic E-state index is 9.39. The van der Waals surface area contributed by atoms with Gasteiger partial charge in [-0.2, -0.15) is 5.26 Å². The fourth-order valence-corrected chi connectivity index (χ4v) is 4.21. The third kappa shape index (κ3) is 4.01. The first-order valence-electron chi connectivity index (χ1n) is 9.50. The average Bonchev–Trinajstić information content (AvgIpc) is 2.72. The number of anilines is 1. The molecule has 0 spiro atoms. The number of nitrogens with one attached hydrogen (secondary N) is 1. The molecule has 3 aromatic rings. The highest BCUT2D eigenvalue weighted by molar-refractivity contribution is 9.10. The second-order valence-corrected chi connectivity index (χ2v) is 8.35. The molecule has 0 aliphatic carbocycles. The maximum Gasteiger partial charge on any atom is 0.101 e. The molecule has 5 nitrogen and oxygen atoms in total. The summed E-state index contributed by atoms with van der Waals surface area (Å²) in [6.07, 6.45) is 4.73. The van der Waals surface area contributed by atoms with E-state index < -0.39 is 0 Å². The van der Waals surface area contributed by atoms with Gasteiger partial charge in [-0.05, 0) is 64.7 Å². The van der Waals surface area contributed by atoms with E-state index in [1.54, 1.807) is 6.20 Å². The molecule has 1 aliphatic rings. The van der Waals surface area contributed by atoms with Gasteiger partial charge in [-0.3, -0.25) is 9.97 Å². The Kier molecular flexibility index (Phi) is 5.56. The maximum absolute atomic E-state index is 9.39. The zero-order valence-electron chi connectivity index (χ0n) is 15.8. The van der Waals surface area contributed by atoms with Crippen LogP contribution >= 0.6 is 15.9 Å². The summed E-state index contributed by atoms with van der Waals surface area (Å²) >= 11 is 3.43. The van der Waals surface area contributed by atoms with Gasteiger partial charge in [-0.15, -0.1) is 0 Å². The van der Waals surface area contributed by atoms with Gasteiger partial charge < -0.3 is 10.2 Å². The first kappa shape index (κ1) is 18.9. The van der Waals surface area contributed by atoms with Gasteiger partial charge in [0.25, 0.3) is 0 Å². The van der Waals surface area contributed by atoms with Crippen LogP contribution in [0.3, 0.4) is 0 Å². The molecule has 2 aromatic heterocycles. The average molecular weight is 436 g/mol. The van der Waals surface area contributed by atoms with Gasteiger partial charge in [-0.1, -0.05) is 6.92 Å². The number of pyridine rings is 2. The van der Waals surface area contributed by atoms with Crippen LogP contribution < -0.4 is 10.2 Å². The molecular formula is C22H22BrN5. The van der Waals surface area contributed by atoms with Crippen molar-refractivity contribution in [1.82, 2.24) is 15.3 Å². The molecule has 1 aliphatic heterocycles. The predicted octanol–water partition coefficient (Wildman–Crippen LogP) is 4.27. The molecule has 6 heteroatoms. The summed E-state index contributed by atoms with van der Waals surface area (Å²) < 4.78 is 0.995. The number of piperidine rings is 1. The quantitative estimate of drug-likeness (QED) is 0.662. The Morgan fingerprint density at radius 1 is 1.21 bits per heavy atom. The molecule has 0 radical (unpaired) electrons. The smallest absolute Gasteiger partial charge is 0.101 e. The van der Waals surface area contributed by atoms with E-state index in [1.165, 1.54) is 0 Å². The number of nitrogens with zero attached hydrogens (tertiary/aromatic N) is 4. The van der Waals surface area contributed by atoms with Crippen LogP contribution in [0.25, 0.3) is 10.9 Å². The van der Waals surface area contributed by atoms with Crippen molar-refractivity contribution >= 4 is 32.5 Å². The molecule has 0 unspecified atom stereocenters. The monoisotopic (exact) mass is 435 g/mol. The lowest BCUT2D eigenvalue weighted by Crippen LogP contribution is -2.48. The highest BCUT2D eigenvalue weighted by Crippen LogP contribution is 2.31. The number of benzene rings is 1. The lowest BCUT2D eigenvalue weighted by molar-refractivity contribution is 0.349. The van der Waals surface area contributed by atoms with Crippen LogP contribution in [0.15, 0.2) is 53.3 Å². The van der Waals surface area contributed by atoms with E-state index in [1.807, 2.05) is 30.5 Å². The Morgan fingerprint density at radius 2 is 2.11 bits per heavy atom. The third-order valence-electron chi connectivity index (χ3n) is 5.23. The largest absolute Gasteiger partial charge is 0.369 e. The molecule has 1 fully saturated rings. The molecule has 0 amide bonds. The normalized spacial score (nSPS) is 19.5. The van der Waals surface area contributed by atoms with Crippen molar-refractivity contribution in [2.75, 3.05) is 18.0 Å². The van der Waals surface area contributed by atoms with Gasteiger partial charge in [0.2, 0.25) is 0 Å². The summed E-state index contributed by atoms with van der Waals surface area (Å²) in [6.45, 7) is 4.98. The van der Waals surface area contributed by atoms with Gasteiger partial charge >= 0.3 is 0 Å². The van der Waals surface area contributed by atoms with Crippen LogP contribution in [-0.4, -0.2) is 29.1 Å². The predicted molar refractivity (Wildman–Crippen MR) is 115 cm³/mol. The molecular weight excluding hydrogens is 414 g/mol. The Bertz CT molecular complexity index is 1010. The Labute approximate surface area is 173 Å². The van der Waals surface area contributed by atoms with Gasteiger partial charge in [-0.25, -0.2) is 0 Å². The van der Waals surface area contributed by atoms with E-state index in [9.17, 15) is 5.26 Å². The summed E-state index contributed by atoms with van der Waals surface area (Å²) in [5.41, 5.74) is 3.60. The molecule has 28 heavy (non-hydrogen) atoms. The van der Waals surface area contributed by atoms with Gasteiger partial charge in [0.15, 0.2) is 0 Å². The van der Waals surface area contributed by atoms with Crippen molar-refractivity contribution in [3.63, 3.8) is 0 Å². The van der Waals surface area contributed by atoms with Crippen LogP contribution in [0.2, 0.25) is 0 Å². The Hall–Kier alpha value is -2.49. The van der Waals surface area contributed by atoms with E-state index in [0.717, 1.165) is 52.8 Å². The van der Waals surface area contributed by atoms with E-state index >= 15 is 0 Å². The van der Waals surface area contributed by atoms with Crippen molar-refractivity contribution in [2.24, 2.45) is 5.92 Å². The zero-order chi connectivity index (χ0) is 19.5. The van der Waals surface area contributed by atoms with Crippen LogP contribution in [0.5, 0.6) is 0 Å². The Morgan fingerprint density at radius 3 is 2.89 bits per heavy atom. The zero-order valence-corrected chi connectivity index (χ0v) is 17.4. The van der Waals surface area contributed by atoms with Crippen LogP contribution in [0.1, 0.15) is 24.6 Å². The first-order chi connectivity index (χ1) is 13.6. The minimum Gasteiger partial charge on any atom is -0.369 e. The van der Waals surface area contributed by atoms with Crippen molar-refractivity contribution in [1.29, 1.82) is 5.26 Å². The molecule has 1 aromatic carbocycles. The van der Waals surface area contributed by atoms with E-state index in [4.69, 9.17) is 0 Å². The van der Waals surface area contributed by atoms with Crippen molar-refractivity contribution in [3.8, 4) is 6.07 Å². The van der Waals surface area contributed by atoms with Crippen molar-refractivity contribution in [3.05, 3.63) is 64.5 Å². The van der Waals surface area contributed by atoms with Crippen LogP contribution in [0.4, 0.5) is 5.69 Å². The minimum absolute atomic E-state index is 0.386. The topological polar surface area (TPSA) is 64.8 Å². The molecule has 0 saturated carbocycles. The standard InChI is InChI=1S/C22H22BrN5/c1-15-9-19(27-12-18-6-5-17(23)11-26-18)14-28(13-15)21-7-4-16(10-24)22-20(21)3-2-8-25-22/h2-8,11,15,19,27H,9,12-14H2,1H3/t15-,19+/m0/s1. The molecule has 4 rings (SSSR count). The van der Waals surface area contributed by atoms with Gasteiger partial charge in [0.05, 0.1) is 16.8 Å². The summed E-state index contributed by atoms with van der Waals surface area (Å²) in [5, 5.41) is 14.1. The minimum atomic E-state index is 0.386. The molecule has 2 atom stereocenters. The number of aromatic nitrogens is 2. The summed E-state index contributed by atoms with van der Waals surface area (Å²) in [4.78, 5) is 11.3. The van der Waals surface area contributed by atoms with Crippen LogP contribution in [0, 0.1) is 17.2 Å². The highest BCUT2D eigenvalue weighted by Gasteiger charge is 2.26. The molecule has 1 saturated heterocycles. The molecule has 142 valence electrons. The number of halogens is 1. The number of hydrogen-bond donors (Lipinski definition) is 1. The summed E-state index contributed by atoms with van der Waals surface area (Å²) in [7, 11) is 0. The fourth-order valence-electron chi connectivity index (χ4n) is 3.98. The second kappa shape index (κ2) is 8.26. The van der Waals surface area contributed by atoms with E-state index in [2.05, 4.69) is 61.2 Å². The number of nitriles is 1.